The van der Waals surface area contributed by atoms with Crippen molar-refractivity contribution in [2.75, 3.05) is 77.9 Å². The Morgan fingerprint density at radius 2 is 1.74 bits per heavy atom. The molecule has 7 rings (SSSR count). The zero-order valence-electron chi connectivity index (χ0n) is 31.6. The molecule has 3 amide bonds. The maximum absolute atomic E-state index is 13.9. The number of anilines is 1. The van der Waals surface area contributed by atoms with E-state index >= 15 is 0 Å². The van der Waals surface area contributed by atoms with E-state index in [-0.39, 0.29) is 75.6 Å². The molecule has 308 valence electrons. The molecule has 0 saturated carbocycles. The number of aromatic nitrogens is 5. The van der Waals surface area contributed by atoms with Gasteiger partial charge in [0.05, 0.1) is 43.0 Å². The number of hydrogen-bond donors (Lipinski definition) is 5. The number of H-pyrrole nitrogens is 2. The number of alkyl halides is 3. The number of quaternary nitrogens is 1. The summed E-state index contributed by atoms with van der Waals surface area (Å²) in [4.78, 5) is 66.1. The molecule has 3 aliphatic heterocycles. The van der Waals surface area contributed by atoms with E-state index in [0.717, 1.165) is 19.6 Å². The van der Waals surface area contributed by atoms with Gasteiger partial charge in [0.1, 0.15) is 0 Å². The SMILES string of the molecule is COc1ccc(-c2[nH]nc(C(F)(F)F)c2Cc2cnc(C(=O)Nc3ccc(C(=O)N4CCN(C(=O)C5CC[N+](CC(=O)O)(CC6CNC6)CC5)CC4)c(Cl)c3)[nH]2)cn1. The van der Waals surface area contributed by atoms with Crippen molar-refractivity contribution in [3.63, 3.8) is 0 Å². The van der Waals surface area contributed by atoms with E-state index in [2.05, 4.69) is 35.8 Å². The van der Waals surface area contributed by atoms with Crippen LogP contribution in [-0.4, -0.2) is 141 Å². The predicted molar refractivity (Wildman–Crippen MR) is 203 cm³/mol. The van der Waals surface area contributed by atoms with Crippen LogP contribution in [0.15, 0.2) is 42.7 Å². The van der Waals surface area contributed by atoms with E-state index < -0.39 is 23.7 Å². The molecule has 58 heavy (non-hydrogen) atoms. The van der Waals surface area contributed by atoms with E-state index in [4.69, 9.17) is 16.3 Å². The number of amides is 3. The molecule has 0 unspecified atom stereocenters. The van der Waals surface area contributed by atoms with Crippen molar-refractivity contribution in [3.8, 4) is 17.1 Å². The van der Waals surface area contributed by atoms with Gasteiger partial charge in [-0.3, -0.25) is 19.5 Å². The average Bonchev–Trinajstić information content (AvgIpc) is 3.84. The summed E-state index contributed by atoms with van der Waals surface area (Å²) in [5.41, 5.74) is -0.152. The fraction of sp³-hybridized carbons (Fsp3) is 0.447. The summed E-state index contributed by atoms with van der Waals surface area (Å²) >= 11 is 6.53. The highest BCUT2D eigenvalue weighted by atomic mass is 35.5. The third-order valence-corrected chi connectivity index (χ3v) is 11.5. The summed E-state index contributed by atoms with van der Waals surface area (Å²) in [6.45, 7) is 5.30. The molecule has 3 aromatic heterocycles. The van der Waals surface area contributed by atoms with Crippen LogP contribution < -0.4 is 15.4 Å². The summed E-state index contributed by atoms with van der Waals surface area (Å²) in [5.74, 6) is -1.40. The number of rotatable bonds is 12. The molecule has 0 atom stereocenters. The normalized spacial score (nSPS) is 20.1. The Labute approximate surface area is 335 Å². The van der Waals surface area contributed by atoms with E-state index in [9.17, 15) is 37.5 Å². The summed E-state index contributed by atoms with van der Waals surface area (Å²) in [6, 6.07) is 7.46. The van der Waals surface area contributed by atoms with Gasteiger partial charge in [0.15, 0.2) is 18.1 Å². The topological polar surface area (TPSA) is 199 Å². The standard InChI is InChI=1S/C38H42ClF3N10O6/c1-58-30-5-2-24(18-44-30)32-28(33(49-48-32)38(40,41)42)14-26-19-45-34(46-26)35(55)47-25-3-4-27(29(39)15-25)37(57)51-10-8-50(9-11-51)36(56)23-6-12-52(13-7-23,21-31(53)54)20-22-16-43-17-22/h2-5,15,18-19,22-23,43H,6-14,16-17,20-21H2,1H3,(H3-,45,46,47,48,49,53,54,55,57)/p+1. The van der Waals surface area contributed by atoms with Gasteiger partial charge in [0.25, 0.3) is 11.8 Å². The lowest BCUT2D eigenvalue weighted by Crippen LogP contribution is -2.62. The van der Waals surface area contributed by atoms with Gasteiger partial charge in [-0.2, -0.15) is 18.3 Å². The number of carbonyl (C=O) groups is 4. The first kappa shape index (κ1) is 40.7. The van der Waals surface area contributed by atoms with Gasteiger partial charge in [-0.25, -0.2) is 14.8 Å². The number of nitrogens with zero attached hydrogens (tertiary/aromatic N) is 6. The Morgan fingerprint density at radius 3 is 2.34 bits per heavy atom. The number of carboxylic acids is 1. The number of likely N-dealkylation sites (tertiary alicyclic amines) is 1. The number of hydrogen-bond acceptors (Lipinski definition) is 9. The van der Waals surface area contributed by atoms with Gasteiger partial charge in [0.2, 0.25) is 11.8 Å². The molecule has 3 saturated heterocycles. The lowest BCUT2D eigenvalue weighted by Gasteiger charge is -2.46. The van der Waals surface area contributed by atoms with Crippen LogP contribution in [0, 0.1) is 11.8 Å². The number of methoxy groups -OCH3 is 1. The Morgan fingerprint density at radius 1 is 1.02 bits per heavy atom. The smallest absolute Gasteiger partial charge is 0.435 e. The zero-order valence-corrected chi connectivity index (χ0v) is 32.3. The molecule has 0 spiro atoms. The Bertz CT molecular complexity index is 2160. The highest BCUT2D eigenvalue weighted by molar-refractivity contribution is 6.34. The second kappa shape index (κ2) is 16.8. The van der Waals surface area contributed by atoms with Crippen molar-refractivity contribution in [2.24, 2.45) is 11.8 Å². The molecule has 20 heteroatoms. The lowest BCUT2D eigenvalue weighted by atomic mass is 9.90. The molecule has 1 aromatic carbocycles. The maximum Gasteiger partial charge on any atom is 0.435 e. The van der Waals surface area contributed by atoms with E-state index in [1.165, 1.54) is 43.8 Å². The number of piperidine rings is 1. The molecule has 16 nitrogen and oxygen atoms in total. The van der Waals surface area contributed by atoms with Crippen LogP contribution in [0.4, 0.5) is 18.9 Å². The van der Waals surface area contributed by atoms with Crippen molar-refractivity contribution in [1.29, 1.82) is 0 Å². The maximum atomic E-state index is 13.9. The van der Waals surface area contributed by atoms with E-state index in [1.807, 2.05) is 0 Å². The number of carboxylic acid groups (broad SMARTS) is 1. The summed E-state index contributed by atoms with van der Waals surface area (Å²) in [6.07, 6.45) is -1.17. The van der Waals surface area contributed by atoms with E-state index in [0.29, 0.717) is 68.1 Å². The highest BCUT2D eigenvalue weighted by Gasteiger charge is 2.42. The van der Waals surface area contributed by atoms with Crippen LogP contribution in [0.25, 0.3) is 11.3 Å². The van der Waals surface area contributed by atoms with Crippen LogP contribution in [0.3, 0.4) is 0 Å². The van der Waals surface area contributed by atoms with Crippen molar-refractivity contribution in [3.05, 3.63) is 76.1 Å². The minimum Gasteiger partial charge on any atom is -0.481 e. The predicted octanol–water partition coefficient (Wildman–Crippen LogP) is 3.53. The molecule has 0 aliphatic carbocycles. The number of carbonyl (C=O) groups excluding carboxylic acids is 3. The first-order valence-corrected chi connectivity index (χ1v) is 19.2. The van der Waals surface area contributed by atoms with Gasteiger partial charge < -0.3 is 39.7 Å². The molecule has 4 aromatic rings. The number of aliphatic carboxylic acids is 1. The van der Waals surface area contributed by atoms with Gasteiger partial charge in [-0.05, 0) is 24.3 Å². The number of benzene rings is 1. The minimum atomic E-state index is -4.76. The van der Waals surface area contributed by atoms with Crippen LogP contribution >= 0.6 is 11.6 Å². The molecular formula is C38H43ClF3N10O6+. The number of piperazine rings is 1. The highest BCUT2D eigenvalue weighted by Crippen LogP contribution is 2.36. The van der Waals surface area contributed by atoms with Crippen molar-refractivity contribution < 1.29 is 46.7 Å². The Kier molecular flexibility index (Phi) is 11.7. The Balaban J connectivity index is 0.928. The molecular weight excluding hydrogens is 785 g/mol. The van der Waals surface area contributed by atoms with Gasteiger partial charge in [-0.15, -0.1) is 0 Å². The quantitative estimate of drug-likeness (QED) is 0.132. The fourth-order valence-electron chi connectivity index (χ4n) is 8.01. The van der Waals surface area contributed by atoms with Gasteiger partial charge in [0, 0.05) is 111 Å². The molecule has 0 radical (unpaired) electrons. The molecule has 0 bridgehead atoms. The molecule has 3 aliphatic rings. The minimum absolute atomic E-state index is 0.0377. The number of pyridine rings is 1. The summed E-state index contributed by atoms with van der Waals surface area (Å²) in [7, 11) is 1.42. The molecule has 5 N–H and O–H groups in total. The van der Waals surface area contributed by atoms with Gasteiger partial charge >= 0.3 is 12.1 Å². The van der Waals surface area contributed by atoms with E-state index in [1.54, 1.807) is 15.9 Å². The number of imidazole rings is 1. The third kappa shape index (κ3) is 8.95. The number of ether oxygens (including phenoxy) is 1. The average molecular weight is 828 g/mol. The number of aromatic amines is 2. The molecule has 6 heterocycles. The first-order valence-electron chi connectivity index (χ1n) is 18.9. The third-order valence-electron chi connectivity index (χ3n) is 11.2. The van der Waals surface area contributed by atoms with Gasteiger partial charge in [-0.1, -0.05) is 11.6 Å². The second-order valence-corrected chi connectivity index (χ2v) is 15.4. The van der Waals surface area contributed by atoms with Crippen molar-refractivity contribution >= 4 is 41.0 Å². The monoisotopic (exact) mass is 827 g/mol. The fourth-order valence-corrected chi connectivity index (χ4v) is 8.27. The number of halogens is 4. The zero-order chi connectivity index (χ0) is 41.2. The van der Waals surface area contributed by atoms with Crippen LogP contribution in [-0.2, 0) is 22.2 Å². The van der Waals surface area contributed by atoms with Crippen molar-refractivity contribution in [1.82, 2.24) is 40.3 Å². The van der Waals surface area contributed by atoms with Crippen molar-refractivity contribution in [2.45, 2.75) is 25.4 Å². The lowest BCUT2D eigenvalue weighted by molar-refractivity contribution is -0.929. The Hall–Kier alpha value is -5.53. The van der Waals surface area contributed by atoms with Crippen LogP contribution in [0.1, 0.15) is 50.8 Å². The van der Waals surface area contributed by atoms with Crippen LogP contribution in [0.5, 0.6) is 5.88 Å². The first-order chi connectivity index (χ1) is 27.7. The second-order valence-electron chi connectivity index (χ2n) is 15.0. The summed E-state index contributed by atoms with van der Waals surface area (Å²) in [5, 5.41) is 21.5. The number of nitrogens with one attached hydrogen (secondary N) is 4. The van der Waals surface area contributed by atoms with Crippen LogP contribution in [0.2, 0.25) is 5.02 Å². The summed E-state index contributed by atoms with van der Waals surface area (Å²) < 4.78 is 47.3. The largest absolute Gasteiger partial charge is 0.481 e. The molecule has 3 fully saturated rings.